The highest BCUT2D eigenvalue weighted by Gasteiger charge is 2.30. The van der Waals surface area contributed by atoms with Crippen molar-refractivity contribution in [1.82, 2.24) is 20.0 Å². The van der Waals surface area contributed by atoms with Crippen LogP contribution in [0, 0.1) is 11.8 Å². The van der Waals surface area contributed by atoms with Gasteiger partial charge in [0, 0.05) is 25.3 Å². The average Bonchev–Trinajstić information content (AvgIpc) is 3.50. The molecule has 0 spiro atoms. The molecule has 0 bridgehead atoms. The first-order valence-corrected chi connectivity index (χ1v) is 12.5. The minimum atomic E-state index is -4.40. The molecule has 0 aliphatic carbocycles. The number of hydrogen-bond donors (Lipinski definition) is 1. The molecule has 1 aliphatic rings. The largest absolute Gasteiger partial charge is 0.416 e. The van der Waals surface area contributed by atoms with Crippen molar-refractivity contribution in [1.29, 1.82) is 0 Å². The predicted octanol–water partition coefficient (Wildman–Crippen LogP) is 4.91. The lowest BCUT2D eigenvalue weighted by Crippen LogP contribution is -2.33. The van der Waals surface area contributed by atoms with Gasteiger partial charge in [-0.1, -0.05) is 44.2 Å². The van der Waals surface area contributed by atoms with Crippen molar-refractivity contribution < 1.29 is 22.8 Å². The van der Waals surface area contributed by atoms with Gasteiger partial charge in [-0.05, 0) is 60.6 Å². The number of benzene rings is 2. The summed E-state index contributed by atoms with van der Waals surface area (Å²) in [6.07, 6.45) is -2.82. The third-order valence-electron chi connectivity index (χ3n) is 6.46. The maximum atomic E-state index is 12.9. The number of carbonyl (C=O) groups is 2. The molecule has 2 aromatic carbocycles. The summed E-state index contributed by atoms with van der Waals surface area (Å²) in [5, 5.41) is 7.52. The highest BCUT2D eigenvalue weighted by molar-refractivity contribution is 5.92. The standard InChI is InChI=1S/C28H31F3N4O2/c1-19(2)14-24-16-25(33-35(24)23-6-4-3-5-7-23)27(37)32-17-21-12-13-34(18-21)26(36)15-20-8-10-22(11-9-20)28(29,30)31/h3-11,16,19,21H,12-15,17-18H2,1-2H3,(H,32,37)/t21-/m1/s1. The molecule has 0 unspecified atom stereocenters. The highest BCUT2D eigenvalue weighted by atomic mass is 19.4. The van der Waals surface area contributed by atoms with E-state index in [9.17, 15) is 22.8 Å². The lowest BCUT2D eigenvalue weighted by atomic mass is 10.1. The molecule has 4 rings (SSSR count). The van der Waals surface area contributed by atoms with E-state index in [2.05, 4.69) is 24.3 Å². The van der Waals surface area contributed by atoms with Crippen LogP contribution in [0.5, 0.6) is 0 Å². The topological polar surface area (TPSA) is 67.2 Å². The fourth-order valence-corrected chi connectivity index (χ4v) is 4.54. The number of nitrogens with one attached hydrogen (secondary N) is 1. The van der Waals surface area contributed by atoms with Gasteiger partial charge in [0.05, 0.1) is 17.7 Å². The zero-order valence-corrected chi connectivity index (χ0v) is 21.0. The van der Waals surface area contributed by atoms with E-state index < -0.39 is 11.7 Å². The second-order valence-electron chi connectivity index (χ2n) is 9.94. The number of rotatable bonds is 8. The van der Waals surface area contributed by atoms with Crippen molar-refractivity contribution in [2.75, 3.05) is 19.6 Å². The maximum absolute atomic E-state index is 12.9. The number of para-hydroxylation sites is 1. The van der Waals surface area contributed by atoms with Crippen LogP contribution < -0.4 is 5.32 Å². The van der Waals surface area contributed by atoms with E-state index in [0.29, 0.717) is 36.8 Å². The summed E-state index contributed by atoms with van der Waals surface area (Å²) in [6, 6.07) is 16.2. The number of halogens is 3. The molecule has 196 valence electrons. The van der Waals surface area contributed by atoms with Crippen molar-refractivity contribution in [2.45, 2.75) is 39.3 Å². The first-order valence-electron chi connectivity index (χ1n) is 12.5. The van der Waals surface area contributed by atoms with Gasteiger partial charge in [-0.2, -0.15) is 18.3 Å². The molecule has 2 heterocycles. The van der Waals surface area contributed by atoms with Gasteiger partial charge in [0.25, 0.3) is 5.91 Å². The summed E-state index contributed by atoms with van der Waals surface area (Å²) >= 11 is 0. The Labute approximate surface area is 214 Å². The highest BCUT2D eigenvalue weighted by Crippen LogP contribution is 2.29. The van der Waals surface area contributed by atoms with Gasteiger partial charge in [-0.25, -0.2) is 4.68 Å². The number of amides is 2. The van der Waals surface area contributed by atoms with Crippen LogP contribution in [0.3, 0.4) is 0 Å². The maximum Gasteiger partial charge on any atom is 0.416 e. The van der Waals surface area contributed by atoms with Crippen LogP contribution in [-0.2, 0) is 23.8 Å². The molecular formula is C28H31F3N4O2. The first-order chi connectivity index (χ1) is 17.6. The second-order valence-corrected chi connectivity index (χ2v) is 9.94. The van der Waals surface area contributed by atoms with E-state index in [1.54, 1.807) is 4.90 Å². The third kappa shape index (κ3) is 6.78. The Morgan fingerprint density at radius 3 is 2.43 bits per heavy atom. The van der Waals surface area contributed by atoms with Crippen molar-refractivity contribution in [3.05, 3.63) is 83.2 Å². The fourth-order valence-electron chi connectivity index (χ4n) is 4.54. The molecular weight excluding hydrogens is 481 g/mol. The fraction of sp³-hybridized carbons (Fsp3) is 0.393. The van der Waals surface area contributed by atoms with Gasteiger partial charge in [-0.15, -0.1) is 0 Å². The molecule has 0 radical (unpaired) electrons. The lowest BCUT2D eigenvalue weighted by molar-refractivity contribution is -0.137. The molecule has 1 fully saturated rings. The smallest absolute Gasteiger partial charge is 0.350 e. The van der Waals surface area contributed by atoms with E-state index in [1.807, 2.05) is 41.1 Å². The van der Waals surface area contributed by atoms with Crippen molar-refractivity contribution >= 4 is 11.8 Å². The number of aromatic nitrogens is 2. The lowest BCUT2D eigenvalue weighted by Gasteiger charge is -2.17. The van der Waals surface area contributed by atoms with Crippen molar-refractivity contribution in [3.8, 4) is 5.69 Å². The van der Waals surface area contributed by atoms with E-state index in [1.165, 1.54) is 12.1 Å². The molecule has 1 aliphatic heterocycles. The summed E-state index contributed by atoms with van der Waals surface area (Å²) in [4.78, 5) is 27.3. The third-order valence-corrected chi connectivity index (χ3v) is 6.46. The van der Waals surface area contributed by atoms with Crippen LogP contribution in [0.2, 0.25) is 0 Å². The molecule has 1 N–H and O–H groups in total. The van der Waals surface area contributed by atoms with Crippen LogP contribution in [0.1, 0.15) is 47.6 Å². The van der Waals surface area contributed by atoms with E-state index in [0.717, 1.165) is 36.4 Å². The van der Waals surface area contributed by atoms with Crippen LogP contribution in [0.25, 0.3) is 5.69 Å². The molecule has 9 heteroatoms. The summed E-state index contributed by atoms with van der Waals surface area (Å²) in [6.45, 7) is 5.71. The van der Waals surface area contributed by atoms with Gasteiger partial charge < -0.3 is 10.2 Å². The Bertz CT molecular complexity index is 1220. The minimum Gasteiger partial charge on any atom is -0.350 e. The normalized spacial score (nSPS) is 15.8. The SMILES string of the molecule is CC(C)Cc1cc(C(=O)NC[C@H]2CCN(C(=O)Cc3ccc(C(F)(F)F)cc3)C2)nn1-c1ccccc1. The molecule has 1 saturated heterocycles. The summed E-state index contributed by atoms with van der Waals surface area (Å²) < 4.78 is 40.1. The molecule has 37 heavy (non-hydrogen) atoms. The van der Waals surface area contributed by atoms with Crippen LogP contribution in [0.4, 0.5) is 13.2 Å². The van der Waals surface area contributed by atoms with Gasteiger partial charge >= 0.3 is 6.18 Å². The Hall–Kier alpha value is -3.62. The molecule has 1 atom stereocenters. The van der Waals surface area contributed by atoms with Crippen molar-refractivity contribution in [2.24, 2.45) is 11.8 Å². The molecule has 0 saturated carbocycles. The summed E-state index contributed by atoms with van der Waals surface area (Å²) in [5.41, 5.74) is 2.03. The Kier molecular flexibility index (Phi) is 8.00. The van der Waals surface area contributed by atoms with Crippen LogP contribution in [-0.4, -0.2) is 46.1 Å². The number of hydrogen-bond acceptors (Lipinski definition) is 3. The summed E-state index contributed by atoms with van der Waals surface area (Å²) in [7, 11) is 0. The Morgan fingerprint density at radius 2 is 1.78 bits per heavy atom. The number of carbonyl (C=O) groups excluding carboxylic acids is 2. The van der Waals surface area contributed by atoms with Gasteiger partial charge in [-0.3, -0.25) is 9.59 Å². The van der Waals surface area contributed by atoms with E-state index in [-0.39, 0.29) is 24.2 Å². The Balaban J connectivity index is 1.31. The van der Waals surface area contributed by atoms with Gasteiger partial charge in [0.2, 0.25) is 5.91 Å². The molecule has 1 aromatic heterocycles. The monoisotopic (exact) mass is 512 g/mol. The zero-order chi connectivity index (χ0) is 26.6. The first kappa shape index (κ1) is 26.4. The minimum absolute atomic E-state index is 0.0484. The van der Waals surface area contributed by atoms with E-state index >= 15 is 0 Å². The zero-order valence-electron chi connectivity index (χ0n) is 21.0. The Morgan fingerprint density at radius 1 is 1.08 bits per heavy atom. The van der Waals surface area contributed by atoms with Gasteiger partial charge in [0.15, 0.2) is 5.69 Å². The second kappa shape index (κ2) is 11.2. The quantitative estimate of drug-likeness (QED) is 0.466. The van der Waals surface area contributed by atoms with Crippen LogP contribution in [0.15, 0.2) is 60.7 Å². The molecule has 2 amide bonds. The molecule has 3 aromatic rings. The van der Waals surface area contributed by atoms with Crippen LogP contribution >= 0.6 is 0 Å². The summed E-state index contributed by atoms with van der Waals surface area (Å²) in [5.74, 6) is 0.120. The molecule has 6 nitrogen and oxygen atoms in total. The predicted molar refractivity (Wildman–Crippen MR) is 134 cm³/mol. The number of likely N-dealkylation sites (tertiary alicyclic amines) is 1. The number of alkyl halides is 3. The van der Waals surface area contributed by atoms with Crippen molar-refractivity contribution in [3.63, 3.8) is 0 Å². The average molecular weight is 513 g/mol. The van der Waals surface area contributed by atoms with Gasteiger partial charge in [0.1, 0.15) is 0 Å². The van der Waals surface area contributed by atoms with E-state index in [4.69, 9.17) is 0 Å². The number of nitrogens with zero attached hydrogens (tertiary/aromatic N) is 3.